The third-order valence-corrected chi connectivity index (χ3v) is 7.10. The molecule has 0 aliphatic rings. The summed E-state index contributed by atoms with van der Waals surface area (Å²) in [5.41, 5.74) is 1.39. The maximum atomic E-state index is 13.2. The van der Waals surface area contributed by atoms with E-state index in [1.54, 1.807) is 36.1 Å². The third kappa shape index (κ3) is 8.85. The summed E-state index contributed by atoms with van der Waals surface area (Å²) in [6.45, 7) is 5.84. The number of carbonyl (C=O) groups is 2. The van der Waals surface area contributed by atoms with Gasteiger partial charge in [0, 0.05) is 30.0 Å². The van der Waals surface area contributed by atoms with Crippen molar-refractivity contribution in [3.05, 3.63) is 58.6 Å². The predicted molar refractivity (Wildman–Crippen MR) is 142 cm³/mol. The van der Waals surface area contributed by atoms with Crippen LogP contribution in [0.4, 0.5) is 5.69 Å². The Balaban J connectivity index is 2.15. The minimum absolute atomic E-state index is 0.0533. The molecule has 0 aliphatic heterocycles. The van der Waals surface area contributed by atoms with Gasteiger partial charge in [-0.1, -0.05) is 28.1 Å². The van der Waals surface area contributed by atoms with Gasteiger partial charge in [0.1, 0.15) is 11.8 Å². The van der Waals surface area contributed by atoms with Crippen molar-refractivity contribution in [2.24, 2.45) is 0 Å². The smallest absolute Gasteiger partial charge is 0.242 e. The molecule has 1 atom stereocenters. The Morgan fingerprint density at radius 2 is 1.63 bits per heavy atom. The van der Waals surface area contributed by atoms with Gasteiger partial charge >= 0.3 is 0 Å². The molecular formula is C25H34BrN3O5S. The Bertz CT molecular complexity index is 1090. The van der Waals surface area contributed by atoms with Crippen LogP contribution in [0, 0.1) is 0 Å². The van der Waals surface area contributed by atoms with Gasteiger partial charge in [-0.3, -0.25) is 13.9 Å². The summed E-state index contributed by atoms with van der Waals surface area (Å²) in [6, 6.07) is 13.5. The lowest BCUT2D eigenvalue weighted by molar-refractivity contribution is -0.140. The molecule has 192 valence electrons. The SMILES string of the molecule is COc1ccc(N(CCCC(=O)N(Cc2ccc(Br)cc2)[C@H](C)C(=O)NC(C)C)S(C)(=O)=O)cc1. The average Bonchev–Trinajstić information content (AvgIpc) is 2.79. The van der Waals surface area contributed by atoms with E-state index in [9.17, 15) is 18.0 Å². The molecule has 8 nitrogen and oxygen atoms in total. The fourth-order valence-electron chi connectivity index (χ4n) is 3.53. The Labute approximate surface area is 216 Å². The number of rotatable bonds is 12. The number of hydrogen-bond acceptors (Lipinski definition) is 5. The van der Waals surface area contributed by atoms with Crippen LogP contribution < -0.4 is 14.4 Å². The normalized spacial score (nSPS) is 12.2. The molecule has 0 heterocycles. The summed E-state index contributed by atoms with van der Waals surface area (Å²) in [5, 5.41) is 2.86. The van der Waals surface area contributed by atoms with Gasteiger partial charge in [0.05, 0.1) is 19.1 Å². The lowest BCUT2D eigenvalue weighted by atomic mass is 10.1. The van der Waals surface area contributed by atoms with Gasteiger partial charge in [-0.2, -0.15) is 0 Å². The first-order chi connectivity index (χ1) is 16.4. The minimum Gasteiger partial charge on any atom is -0.497 e. The Hall–Kier alpha value is -2.59. The molecule has 0 unspecified atom stereocenters. The summed E-state index contributed by atoms with van der Waals surface area (Å²) in [5.74, 6) is 0.165. The maximum Gasteiger partial charge on any atom is 0.242 e. The fraction of sp³-hybridized carbons (Fsp3) is 0.440. The molecule has 0 spiro atoms. The van der Waals surface area contributed by atoms with Crippen molar-refractivity contribution in [1.29, 1.82) is 0 Å². The third-order valence-electron chi connectivity index (χ3n) is 5.38. The number of anilines is 1. The second-order valence-corrected chi connectivity index (χ2v) is 11.4. The zero-order chi connectivity index (χ0) is 26.2. The van der Waals surface area contributed by atoms with Crippen molar-refractivity contribution in [3.8, 4) is 5.75 Å². The van der Waals surface area contributed by atoms with Crippen LogP contribution in [-0.2, 0) is 26.2 Å². The van der Waals surface area contributed by atoms with Gasteiger partial charge in [-0.05, 0) is 69.2 Å². The molecule has 0 fully saturated rings. The highest BCUT2D eigenvalue weighted by atomic mass is 79.9. The summed E-state index contributed by atoms with van der Waals surface area (Å²) in [7, 11) is -2.01. The van der Waals surface area contributed by atoms with Gasteiger partial charge in [0.15, 0.2) is 0 Å². The van der Waals surface area contributed by atoms with Crippen LogP contribution >= 0.6 is 15.9 Å². The first-order valence-corrected chi connectivity index (χ1v) is 14.0. The van der Waals surface area contributed by atoms with E-state index in [2.05, 4.69) is 21.2 Å². The van der Waals surface area contributed by atoms with E-state index >= 15 is 0 Å². The van der Waals surface area contributed by atoms with Gasteiger partial charge in [0.2, 0.25) is 21.8 Å². The van der Waals surface area contributed by atoms with Crippen LogP contribution in [0.1, 0.15) is 39.2 Å². The number of nitrogens with one attached hydrogen (secondary N) is 1. The molecule has 0 aliphatic carbocycles. The maximum absolute atomic E-state index is 13.2. The highest BCUT2D eigenvalue weighted by Gasteiger charge is 2.27. The fourth-order valence-corrected chi connectivity index (χ4v) is 4.76. The first kappa shape index (κ1) is 28.6. The number of hydrogen-bond donors (Lipinski definition) is 1. The molecule has 0 bridgehead atoms. The van der Waals surface area contributed by atoms with E-state index in [0.29, 0.717) is 17.9 Å². The van der Waals surface area contributed by atoms with Crippen molar-refractivity contribution in [3.63, 3.8) is 0 Å². The summed E-state index contributed by atoms with van der Waals surface area (Å²) in [4.78, 5) is 27.5. The standard InChI is InChI=1S/C25H34BrN3O5S/c1-18(2)27-25(31)19(3)28(17-20-8-10-21(26)11-9-20)24(30)7-6-16-29(35(5,32)33)22-12-14-23(34-4)15-13-22/h8-15,18-19H,6-7,16-17H2,1-5H3,(H,27,31)/t19-/m1/s1. The quantitative estimate of drug-likeness (QED) is 0.419. The second kappa shape index (κ2) is 12.9. The Morgan fingerprint density at radius 3 is 2.14 bits per heavy atom. The summed E-state index contributed by atoms with van der Waals surface area (Å²) in [6.07, 6.45) is 1.53. The summed E-state index contributed by atoms with van der Waals surface area (Å²) < 4.78 is 32.1. The zero-order valence-electron chi connectivity index (χ0n) is 20.8. The summed E-state index contributed by atoms with van der Waals surface area (Å²) >= 11 is 3.41. The first-order valence-electron chi connectivity index (χ1n) is 11.4. The van der Waals surface area contributed by atoms with Crippen LogP contribution in [0.3, 0.4) is 0 Å². The molecule has 0 radical (unpaired) electrons. The van der Waals surface area contributed by atoms with Crippen molar-refractivity contribution in [2.45, 2.75) is 52.2 Å². The predicted octanol–water partition coefficient (Wildman–Crippen LogP) is 3.95. The molecule has 1 N–H and O–H groups in total. The van der Waals surface area contributed by atoms with E-state index in [1.807, 2.05) is 38.1 Å². The number of benzene rings is 2. The lowest BCUT2D eigenvalue weighted by Crippen LogP contribution is -2.49. The van der Waals surface area contributed by atoms with E-state index in [1.165, 1.54) is 11.4 Å². The van der Waals surface area contributed by atoms with Crippen LogP contribution in [0.15, 0.2) is 53.0 Å². The number of ether oxygens (including phenoxy) is 1. The molecule has 2 rings (SSSR count). The number of carbonyl (C=O) groups excluding carboxylic acids is 2. The highest BCUT2D eigenvalue weighted by molar-refractivity contribution is 9.10. The Morgan fingerprint density at radius 1 is 1.03 bits per heavy atom. The average molecular weight is 569 g/mol. The van der Waals surface area contributed by atoms with Crippen LogP contribution in [0.5, 0.6) is 5.75 Å². The van der Waals surface area contributed by atoms with E-state index in [0.717, 1.165) is 16.3 Å². The van der Waals surface area contributed by atoms with E-state index in [-0.39, 0.29) is 37.4 Å². The second-order valence-electron chi connectivity index (χ2n) is 8.62. The molecule has 2 aromatic carbocycles. The van der Waals surface area contributed by atoms with Gasteiger partial charge in [-0.25, -0.2) is 8.42 Å². The lowest BCUT2D eigenvalue weighted by Gasteiger charge is -2.30. The monoisotopic (exact) mass is 567 g/mol. The zero-order valence-corrected chi connectivity index (χ0v) is 23.2. The van der Waals surface area contributed by atoms with Crippen molar-refractivity contribution in [2.75, 3.05) is 24.2 Å². The molecule has 2 amide bonds. The highest BCUT2D eigenvalue weighted by Crippen LogP contribution is 2.22. The number of methoxy groups -OCH3 is 1. The largest absolute Gasteiger partial charge is 0.497 e. The molecule has 2 aromatic rings. The van der Waals surface area contributed by atoms with Crippen LogP contribution in [-0.4, -0.2) is 57.1 Å². The molecule has 0 saturated heterocycles. The minimum atomic E-state index is -3.55. The number of amides is 2. The van der Waals surface area contributed by atoms with Crippen LogP contribution in [0.25, 0.3) is 0 Å². The number of nitrogens with zero attached hydrogens (tertiary/aromatic N) is 2. The van der Waals surface area contributed by atoms with Gasteiger partial charge in [0.25, 0.3) is 0 Å². The van der Waals surface area contributed by atoms with Crippen molar-refractivity contribution < 1.29 is 22.7 Å². The van der Waals surface area contributed by atoms with Crippen molar-refractivity contribution >= 4 is 43.5 Å². The molecule has 10 heteroatoms. The Kier molecular flexibility index (Phi) is 10.6. The topological polar surface area (TPSA) is 96.0 Å². The van der Waals surface area contributed by atoms with E-state index < -0.39 is 16.1 Å². The number of halogens is 1. The molecule has 0 saturated carbocycles. The van der Waals surface area contributed by atoms with E-state index in [4.69, 9.17) is 4.74 Å². The van der Waals surface area contributed by atoms with Gasteiger partial charge < -0.3 is 15.0 Å². The van der Waals surface area contributed by atoms with Crippen LogP contribution in [0.2, 0.25) is 0 Å². The van der Waals surface area contributed by atoms with Crippen molar-refractivity contribution in [1.82, 2.24) is 10.2 Å². The van der Waals surface area contributed by atoms with Gasteiger partial charge in [-0.15, -0.1) is 0 Å². The number of sulfonamides is 1. The molecule has 0 aromatic heterocycles. The molecule has 35 heavy (non-hydrogen) atoms. The molecular weight excluding hydrogens is 534 g/mol.